The number of aromatic nitrogens is 1. The molecule has 5 heteroatoms. The molecule has 1 aromatic carbocycles. The molecule has 0 bridgehead atoms. The highest BCUT2D eigenvalue weighted by atomic mass is 32.1. The zero-order chi connectivity index (χ0) is 9.42. The molecule has 0 unspecified atom stereocenters. The van der Waals surface area contributed by atoms with E-state index in [0.29, 0.717) is 9.83 Å². The van der Waals surface area contributed by atoms with Crippen LogP contribution >= 0.6 is 11.3 Å². The van der Waals surface area contributed by atoms with Crippen molar-refractivity contribution in [2.24, 2.45) is 0 Å². The Morgan fingerprint density at radius 1 is 1.54 bits per heavy atom. The van der Waals surface area contributed by atoms with Gasteiger partial charge in [0.05, 0.1) is 6.57 Å². The van der Waals surface area contributed by atoms with Crippen molar-refractivity contribution in [2.45, 2.75) is 0 Å². The van der Waals surface area contributed by atoms with Gasteiger partial charge >= 0.3 is 0 Å². The first-order valence-electron chi connectivity index (χ1n) is 3.44. The summed E-state index contributed by atoms with van der Waals surface area (Å²) >= 11 is 1.18. The van der Waals surface area contributed by atoms with E-state index in [1.807, 2.05) is 0 Å². The summed E-state index contributed by atoms with van der Waals surface area (Å²) in [5.74, 6) is -0.489. The third-order valence-corrected chi connectivity index (χ3v) is 2.41. The van der Waals surface area contributed by atoms with E-state index in [-0.39, 0.29) is 11.2 Å². The van der Waals surface area contributed by atoms with Crippen LogP contribution in [0.25, 0.3) is 15.1 Å². The van der Waals surface area contributed by atoms with Crippen LogP contribution in [-0.4, -0.2) is 4.98 Å². The molecule has 0 aliphatic rings. The number of fused-ring (bicyclic) bond motifs is 1. The molecule has 0 aliphatic carbocycles. The van der Waals surface area contributed by atoms with Crippen LogP contribution < -0.4 is 5.73 Å². The number of benzene rings is 1. The Morgan fingerprint density at radius 2 is 2.31 bits per heavy atom. The lowest BCUT2D eigenvalue weighted by Gasteiger charge is -1.91. The lowest BCUT2D eigenvalue weighted by molar-refractivity contribution is 0.638. The molecule has 0 saturated heterocycles. The number of nitrogen functional groups attached to an aromatic ring is 1. The van der Waals surface area contributed by atoms with Crippen LogP contribution in [0.5, 0.6) is 0 Å². The summed E-state index contributed by atoms with van der Waals surface area (Å²) in [6, 6.07) is 2.74. The second-order valence-electron chi connectivity index (χ2n) is 2.44. The maximum absolute atomic E-state index is 13.2. The Morgan fingerprint density at radius 3 is 3.00 bits per heavy atom. The average Bonchev–Trinajstić information content (AvgIpc) is 2.46. The fraction of sp³-hybridized carbons (Fsp3) is 0. The van der Waals surface area contributed by atoms with Crippen LogP contribution in [0.4, 0.5) is 15.2 Å². The van der Waals surface area contributed by atoms with Crippen LogP contribution in [0, 0.1) is 12.4 Å². The minimum Gasteiger partial charge on any atom is -0.375 e. The number of nitrogens with zero attached hydrogens (tertiary/aromatic N) is 2. The van der Waals surface area contributed by atoms with Crippen LogP contribution in [0.2, 0.25) is 0 Å². The third-order valence-electron chi connectivity index (χ3n) is 1.58. The zero-order valence-electron chi connectivity index (χ0n) is 6.41. The number of hydrogen-bond acceptors (Lipinski definition) is 3. The number of hydrogen-bond donors (Lipinski definition) is 1. The van der Waals surface area contributed by atoms with Crippen molar-refractivity contribution in [3.63, 3.8) is 0 Å². The van der Waals surface area contributed by atoms with Crippen molar-refractivity contribution in [1.29, 1.82) is 0 Å². The Bertz CT molecular complexity index is 512. The van der Waals surface area contributed by atoms with Gasteiger partial charge in [-0.2, -0.15) is 0 Å². The summed E-state index contributed by atoms with van der Waals surface area (Å²) < 4.78 is 13.8. The summed E-state index contributed by atoms with van der Waals surface area (Å²) in [5, 5.41) is 0.316. The minimum atomic E-state index is -0.489. The molecule has 1 aromatic heterocycles. The van der Waals surface area contributed by atoms with Crippen molar-refractivity contribution in [2.75, 3.05) is 5.73 Å². The summed E-state index contributed by atoms with van der Waals surface area (Å²) in [4.78, 5) is 6.95. The van der Waals surface area contributed by atoms with Crippen molar-refractivity contribution in [3.05, 3.63) is 29.4 Å². The molecule has 0 spiro atoms. The molecule has 0 atom stereocenters. The summed E-state index contributed by atoms with van der Waals surface area (Å²) in [6.07, 6.45) is 0. The Hall–Kier alpha value is -1.67. The molecule has 13 heavy (non-hydrogen) atoms. The maximum Gasteiger partial charge on any atom is 0.191 e. The van der Waals surface area contributed by atoms with Gasteiger partial charge in [-0.25, -0.2) is 14.2 Å². The van der Waals surface area contributed by atoms with Gasteiger partial charge < -0.3 is 5.73 Å². The van der Waals surface area contributed by atoms with Crippen LogP contribution in [0.15, 0.2) is 12.1 Å². The number of halogens is 1. The van der Waals surface area contributed by atoms with E-state index < -0.39 is 5.82 Å². The number of nitrogens with two attached hydrogens (primary N) is 1. The minimum absolute atomic E-state index is 0.245. The number of rotatable bonds is 0. The molecule has 2 N–H and O–H groups in total. The van der Waals surface area contributed by atoms with E-state index in [0.717, 1.165) is 6.07 Å². The maximum atomic E-state index is 13.2. The molecular weight excluding hydrogens is 189 g/mol. The third kappa shape index (κ3) is 1.21. The van der Waals surface area contributed by atoms with Gasteiger partial charge in [0.25, 0.3) is 0 Å². The molecule has 2 rings (SSSR count). The molecule has 3 nitrogen and oxygen atoms in total. The highest BCUT2D eigenvalue weighted by molar-refractivity contribution is 7.22. The van der Waals surface area contributed by atoms with Crippen LogP contribution in [0.3, 0.4) is 0 Å². The van der Waals surface area contributed by atoms with Gasteiger partial charge in [-0.3, -0.25) is 0 Å². The molecule has 0 fully saturated rings. The summed E-state index contributed by atoms with van der Waals surface area (Å²) in [6.45, 7) is 6.73. The SMILES string of the molecule is [C-]#[N+]c1cc(F)c2nc(N)sc2c1. The Labute approximate surface area is 77.4 Å². The first-order chi connectivity index (χ1) is 6.20. The Balaban J connectivity index is 2.85. The second kappa shape index (κ2) is 2.68. The Kier molecular flexibility index (Phi) is 1.64. The standard InChI is InChI=1S/C8H4FN3S/c1-11-4-2-5(9)7-6(3-4)13-8(10)12-7/h2-3H,(H2,10,12). The predicted molar refractivity (Wildman–Crippen MR) is 50.3 cm³/mol. The first-order valence-corrected chi connectivity index (χ1v) is 4.25. The van der Waals surface area contributed by atoms with E-state index in [9.17, 15) is 4.39 Å². The van der Waals surface area contributed by atoms with Crippen molar-refractivity contribution < 1.29 is 4.39 Å². The fourth-order valence-corrected chi connectivity index (χ4v) is 1.84. The first kappa shape index (κ1) is 7.95. The van der Waals surface area contributed by atoms with Crippen LogP contribution in [-0.2, 0) is 0 Å². The lowest BCUT2D eigenvalue weighted by atomic mass is 10.3. The van der Waals surface area contributed by atoms with Gasteiger partial charge in [0.15, 0.2) is 10.8 Å². The molecule has 0 saturated carbocycles. The topological polar surface area (TPSA) is 43.3 Å². The molecule has 1 heterocycles. The van der Waals surface area contributed by atoms with Gasteiger partial charge in [-0.1, -0.05) is 11.3 Å². The highest BCUT2D eigenvalue weighted by Crippen LogP contribution is 2.29. The zero-order valence-corrected chi connectivity index (χ0v) is 7.23. The molecule has 0 amide bonds. The van der Waals surface area contributed by atoms with Gasteiger partial charge in [-0.15, -0.1) is 0 Å². The highest BCUT2D eigenvalue weighted by Gasteiger charge is 2.07. The second-order valence-corrected chi connectivity index (χ2v) is 3.50. The summed E-state index contributed by atoms with van der Waals surface area (Å²) in [5.41, 5.74) is 5.93. The van der Waals surface area contributed by atoms with Gasteiger partial charge in [0.2, 0.25) is 0 Å². The molecule has 64 valence electrons. The van der Waals surface area contributed by atoms with Gasteiger partial charge in [0.1, 0.15) is 11.3 Å². The van der Waals surface area contributed by atoms with Gasteiger partial charge in [-0.05, 0) is 12.1 Å². The number of thiazole rings is 1. The summed E-state index contributed by atoms with van der Waals surface area (Å²) in [7, 11) is 0. The smallest absolute Gasteiger partial charge is 0.191 e. The quantitative estimate of drug-likeness (QED) is 0.653. The fourth-order valence-electron chi connectivity index (χ4n) is 1.06. The average molecular weight is 193 g/mol. The number of anilines is 1. The van der Waals surface area contributed by atoms with E-state index in [4.69, 9.17) is 12.3 Å². The van der Waals surface area contributed by atoms with Gasteiger partial charge in [0, 0.05) is 4.70 Å². The van der Waals surface area contributed by atoms with Crippen molar-refractivity contribution >= 4 is 32.4 Å². The monoisotopic (exact) mass is 193 g/mol. The van der Waals surface area contributed by atoms with Crippen molar-refractivity contribution in [3.8, 4) is 0 Å². The lowest BCUT2D eigenvalue weighted by Crippen LogP contribution is -1.81. The van der Waals surface area contributed by atoms with E-state index >= 15 is 0 Å². The largest absolute Gasteiger partial charge is 0.375 e. The normalized spacial score (nSPS) is 10.2. The van der Waals surface area contributed by atoms with Crippen LogP contribution in [0.1, 0.15) is 0 Å². The molecule has 0 aliphatic heterocycles. The van der Waals surface area contributed by atoms with E-state index in [1.165, 1.54) is 11.3 Å². The van der Waals surface area contributed by atoms with E-state index in [2.05, 4.69) is 9.83 Å². The molecule has 0 radical (unpaired) electrons. The predicted octanol–water partition coefficient (Wildman–Crippen LogP) is 2.57. The molecular formula is C8H4FN3S. The van der Waals surface area contributed by atoms with E-state index in [1.54, 1.807) is 6.07 Å². The molecule has 2 aromatic rings. The van der Waals surface area contributed by atoms with Crippen molar-refractivity contribution in [1.82, 2.24) is 4.98 Å².